The highest BCUT2D eigenvalue weighted by Gasteiger charge is 2.20. The van der Waals surface area contributed by atoms with Gasteiger partial charge >= 0.3 is 0 Å². The number of rotatable bonds is 4. The third kappa shape index (κ3) is 3.26. The van der Waals surface area contributed by atoms with E-state index in [2.05, 4.69) is 42.6 Å². The minimum Gasteiger partial charge on any atom is -0.383 e. The van der Waals surface area contributed by atoms with Crippen molar-refractivity contribution in [2.24, 2.45) is 0 Å². The molecule has 0 bridgehead atoms. The monoisotopic (exact) mass is 427 g/mol. The minimum absolute atomic E-state index is 0.260. The molecule has 1 N–H and O–H groups in total. The van der Waals surface area contributed by atoms with Crippen molar-refractivity contribution in [3.8, 4) is 0 Å². The van der Waals surface area contributed by atoms with Crippen molar-refractivity contribution in [1.82, 2.24) is 14.5 Å². The van der Waals surface area contributed by atoms with Crippen LogP contribution in [0.15, 0.2) is 71.7 Å². The number of halogens is 2. The average Bonchev–Trinajstić information content (AvgIpc) is 3.00. The van der Waals surface area contributed by atoms with Gasteiger partial charge in [0.25, 0.3) is 0 Å². The zero-order chi connectivity index (χ0) is 18.1. The number of hydrogen-bond acceptors (Lipinski definition) is 3. The van der Waals surface area contributed by atoms with Crippen LogP contribution >= 0.6 is 27.5 Å². The molecule has 0 aliphatic rings. The molecule has 0 spiro atoms. The number of aromatic nitrogens is 3. The predicted octanol–water partition coefficient (Wildman–Crippen LogP) is 4.98. The molecule has 4 nitrogen and oxygen atoms in total. The quantitative estimate of drug-likeness (QED) is 0.467. The van der Waals surface area contributed by atoms with E-state index in [-0.39, 0.29) is 5.15 Å². The maximum absolute atomic E-state index is 10.9. The van der Waals surface area contributed by atoms with Gasteiger partial charge in [-0.15, -0.1) is 0 Å². The molecule has 0 aliphatic heterocycles. The Morgan fingerprint density at radius 2 is 1.96 bits per heavy atom. The molecule has 0 fully saturated rings. The Morgan fingerprint density at radius 1 is 1.12 bits per heavy atom. The van der Waals surface area contributed by atoms with Crippen LogP contribution in [0.5, 0.6) is 0 Å². The van der Waals surface area contributed by atoms with Crippen LogP contribution in [-0.2, 0) is 6.54 Å². The topological polar surface area (TPSA) is 50.9 Å². The van der Waals surface area contributed by atoms with Crippen LogP contribution < -0.4 is 0 Å². The van der Waals surface area contributed by atoms with Gasteiger partial charge in [-0.2, -0.15) is 0 Å². The fraction of sp³-hybridized carbons (Fsp3) is 0.100. The van der Waals surface area contributed by atoms with E-state index >= 15 is 0 Å². The van der Waals surface area contributed by atoms with Gasteiger partial charge in [-0.3, -0.25) is 0 Å². The van der Waals surface area contributed by atoms with Gasteiger partial charge in [-0.1, -0.05) is 57.9 Å². The summed E-state index contributed by atoms with van der Waals surface area (Å²) in [7, 11) is 0. The van der Waals surface area contributed by atoms with Gasteiger partial charge < -0.3 is 9.67 Å². The number of nitrogens with zero attached hydrogens (tertiary/aromatic N) is 3. The first kappa shape index (κ1) is 17.2. The molecule has 0 saturated carbocycles. The molecule has 0 radical (unpaired) electrons. The summed E-state index contributed by atoms with van der Waals surface area (Å²) in [5.41, 5.74) is 3.50. The maximum atomic E-state index is 10.9. The van der Waals surface area contributed by atoms with E-state index in [0.717, 1.165) is 20.9 Å². The molecule has 2 heterocycles. The summed E-state index contributed by atoms with van der Waals surface area (Å²) >= 11 is 9.67. The highest BCUT2D eigenvalue weighted by Crippen LogP contribution is 2.33. The van der Waals surface area contributed by atoms with Crippen LogP contribution in [0.2, 0.25) is 5.15 Å². The second kappa shape index (κ2) is 7.19. The van der Waals surface area contributed by atoms with Crippen molar-refractivity contribution in [3.63, 3.8) is 0 Å². The molecule has 0 saturated heterocycles. The van der Waals surface area contributed by atoms with E-state index in [9.17, 15) is 5.11 Å². The van der Waals surface area contributed by atoms with Crippen LogP contribution in [0, 0.1) is 0 Å². The number of fused-ring (bicyclic) bond motifs is 1. The molecule has 4 rings (SSSR count). The third-order valence-corrected chi connectivity index (χ3v) is 5.15. The Kier molecular flexibility index (Phi) is 4.76. The normalized spacial score (nSPS) is 12.4. The van der Waals surface area contributed by atoms with Crippen molar-refractivity contribution in [1.29, 1.82) is 0 Å². The summed E-state index contributed by atoms with van der Waals surface area (Å²) in [5, 5.41) is 12.2. The third-order valence-electron chi connectivity index (χ3n) is 4.34. The van der Waals surface area contributed by atoms with Gasteiger partial charge in [0, 0.05) is 45.4 Å². The molecule has 1 atom stereocenters. The van der Waals surface area contributed by atoms with Crippen LogP contribution in [0.25, 0.3) is 10.9 Å². The molecule has 26 heavy (non-hydrogen) atoms. The van der Waals surface area contributed by atoms with Gasteiger partial charge in [0.15, 0.2) is 0 Å². The van der Waals surface area contributed by atoms with Gasteiger partial charge in [-0.05, 0) is 23.8 Å². The fourth-order valence-corrected chi connectivity index (χ4v) is 3.77. The van der Waals surface area contributed by atoms with E-state index in [0.29, 0.717) is 12.1 Å². The lowest BCUT2D eigenvalue weighted by Crippen LogP contribution is -2.02. The summed E-state index contributed by atoms with van der Waals surface area (Å²) in [6, 6.07) is 16.2. The van der Waals surface area contributed by atoms with Crippen LogP contribution in [0.4, 0.5) is 0 Å². The van der Waals surface area contributed by atoms with Crippen molar-refractivity contribution >= 4 is 38.4 Å². The van der Waals surface area contributed by atoms with Gasteiger partial charge in [0.2, 0.25) is 0 Å². The summed E-state index contributed by atoms with van der Waals surface area (Å²) in [6.07, 6.45) is 4.01. The lowest BCUT2D eigenvalue weighted by atomic mass is 10.0. The lowest BCUT2D eigenvalue weighted by molar-refractivity contribution is 0.221. The highest BCUT2D eigenvalue weighted by atomic mass is 79.9. The zero-order valence-corrected chi connectivity index (χ0v) is 16.0. The van der Waals surface area contributed by atoms with Gasteiger partial charge in [0.1, 0.15) is 17.6 Å². The Morgan fingerprint density at radius 3 is 2.77 bits per heavy atom. The molecule has 1 unspecified atom stereocenters. The molecule has 6 heteroatoms. The second-order valence-corrected chi connectivity index (χ2v) is 7.30. The van der Waals surface area contributed by atoms with Crippen molar-refractivity contribution < 1.29 is 5.11 Å². The number of hydrogen-bond donors (Lipinski definition) is 1. The van der Waals surface area contributed by atoms with Gasteiger partial charge in [0.05, 0.1) is 0 Å². The number of aliphatic hydroxyl groups excluding tert-OH is 1. The summed E-state index contributed by atoms with van der Waals surface area (Å²) < 4.78 is 3.17. The molecule has 4 aromatic rings. The predicted molar refractivity (Wildman–Crippen MR) is 106 cm³/mol. The maximum Gasteiger partial charge on any atom is 0.138 e. The summed E-state index contributed by atoms with van der Waals surface area (Å²) in [4.78, 5) is 7.96. The molecular formula is C20H15BrClN3O. The molecule has 2 aromatic carbocycles. The van der Waals surface area contributed by atoms with Crippen LogP contribution in [-0.4, -0.2) is 19.6 Å². The van der Waals surface area contributed by atoms with Gasteiger partial charge in [-0.25, -0.2) is 9.97 Å². The standard InChI is InChI=1S/C20H15BrClN3O/c21-14-5-3-4-13(8-14)10-25-11-17(15-6-1-2-7-18(15)25)19(26)16-9-23-12-24-20(16)22/h1-9,11-12,19,26H,10H2. The van der Waals surface area contributed by atoms with E-state index in [1.807, 2.05) is 42.6 Å². The first-order valence-corrected chi connectivity index (χ1v) is 9.26. The number of aliphatic hydroxyl groups is 1. The molecule has 0 amide bonds. The first-order valence-electron chi connectivity index (χ1n) is 8.09. The SMILES string of the molecule is OC(c1cncnc1Cl)c1cn(Cc2cccc(Br)c2)c2ccccc12. The second-order valence-electron chi connectivity index (χ2n) is 6.03. The van der Waals surface area contributed by atoms with Crippen LogP contribution in [0.1, 0.15) is 22.8 Å². The molecule has 130 valence electrons. The Bertz CT molecular complexity index is 1080. The fourth-order valence-electron chi connectivity index (χ4n) is 3.13. The minimum atomic E-state index is -0.891. The number of para-hydroxylation sites is 1. The van der Waals surface area contributed by atoms with Crippen molar-refractivity contribution in [2.45, 2.75) is 12.6 Å². The highest BCUT2D eigenvalue weighted by molar-refractivity contribution is 9.10. The summed E-state index contributed by atoms with van der Waals surface area (Å²) in [6.45, 7) is 0.700. The Balaban J connectivity index is 1.80. The van der Waals surface area contributed by atoms with E-state index in [4.69, 9.17) is 11.6 Å². The zero-order valence-electron chi connectivity index (χ0n) is 13.7. The first-order chi connectivity index (χ1) is 12.6. The smallest absolute Gasteiger partial charge is 0.138 e. The van der Waals surface area contributed by atoms with Crippen LogP contribution in [0.3, 0.4) is 0 Å². The average molecular weight is 429 g/mol. The van der Waals surface area contributed by atoms with Crippen molar-refractivity contribution in [3.05, 3.63) is 93.6 Å². The lowest BCUT2D eigenvalue weighted by Gasteiger charge is -2.10. The number of benzene rings is 2. The Hall–Kier alpha value is -2.21. The molecular weight excluding hydrogens is 414 g/mol. The molecule has 2 aromatic heterocycles. The summed E-state index contributed by atoms with van der Waals surface area (Å²) in [5.74, 6) is 0. The largest absolute Gasteiger partial charge is 0.383 e. The Labute approximate surface area is 164 Å². The molecule has 0 aliphatic carbocycles. The van der Waals surface area contributed by atoms with E-state index in [1.165, 1.54) is 11.9 Å². The van der Waals surface area contributed by atoms with E-state index in [1.54, 1.807) is 6.20 Å². The van der Waals surface area contributed by atoms with E-state index < -0.39 is 6.10 Å². The van der Waals surface area contributed by atoms with Crippen molar-refractivity contribution in [2.75, 3.05) is 0 Å².